The quantitative estimate of drug-likeness (QED) is 0.494. The van der Waals surface area contributed by atoms with Gasteiger partial charge in [-0.15, -0.1) is 0 Å². The summed E-state index contributed by atoms with van der Waals surface area (Å²) in [4.78, 5) is 19.0. The van der Waals surface area contributed by atoms with Crippen molar-refractivity contribution in [3.63, 3.8) is 0 Å². The van der Waals surface area contributed by atoms with Crippen molar-refractivity contribution < 1.29 is 23.1 Å². The summed E-state index contributed by atoms with van der Waals surface area (Å²) >= 11 is 0. The molecule has 2 aromatic heterocycles. The van der Waals surface area contributed by atoms with E-state index in [9.17, 15) is 4.79 Å². The van der Waals surface area contributed by atoms with Crippen LogP contribution < -0.4 is 14.8 Å². The molecule has 8 nitrogen and oxygen atoms in total. The number of aromatic nitrogens is 1. The normalized spacial score (nSPS) is 12.0. The second-order valence-corrected chi connectivity index (χ2v) is 7.23. The molecule has 0 unspecified atom stereocenters. The first kappa shape index (κ1) is 22.4. The summed E-state index contributed by atoms with van der Waals surface area (Å²) in [6.45, 7) is 5.65. The van der Waals surface area contributed by atoms with E-state index in [1.807, 2.05) is 18.2 Å². The van der Waals surface area contributed by atoms with E-state index < -0.39 is 0 Å². The molecule has 1 aromatic carbocycles. The molecule has 0 bridgehead atoms. The van der Waals surface area contributed by atoms with E-state index in [1.165, 1.54) is 6.26 Å². The van der Waals surface area contributed by atoms with Gasteiger partial charge in [0.2, 0.25) is 5.89 Å². The van der Waals surface area contributed by atoms with Crippen molar-refractivity contribution in [2.24, 2.45) is 0 Å². The summed E-state index contributed by atoms with van der Waals surface area (Å²) in [7, 11) is 3.30. The molecule has 31 heavy (non-hydrogen) atoms. The third-order valence-electron chi connectivity index (χ3n) is 5.20. The zero-order chi connectivity index (χ0) is 22.2. The van der Waals surface area contributed by atoms with Crippen molar-refractivity contribution in [1.82, 2.24) is 15.2 Å². The third-order valence-corrected chi connectivity index (χ3v) is 5.20. The number of furan rings is 1. The molecule has 1 amide bonds. The molecule has 8 heteroatoms. The molecule has 3 aromatic rings. The smallest absolute Gasteiger partial charge is 0.273 e. The Morgan fingerprint density at radius 2 is 2.03 bits per heavy atom. The number of carbonyl (C=O) groups is 1. The van der Waals surface area contributed by atoms with Gasteiger partial charge in [-0.25, -0.2) is 4.98 Å². The second kappa shape index (κ2) is 10.7. The summed E-state index contributed by atoms with van der Waals surface area (Å²) < 4.78 is 21.7. The van der Waals surface area contributed by atoms with Crippen molar-refractivity contribution in [2.75, 3.05) is 14.2 Å². The van der Waals surface area contributed by atoms with Gasteiger partial charge in [-0.05, 0) is 43.7 Å². The van der Waals surface area contributed by atoms with E-state index in [0.29, 0.717) is 31.3 Å². The lowest BCUT2D eigenvalue weighted by Gasteiger charge is -2.28. The fourth-order valence-corrected chi connectivity index (χ4v) is 3.18. The third kappa shape index (κ3) is 5.88. The zero-order valence-electron chi connectivity index (χ0n) is 18.4. The summed E-state index contributed by atoms with van der Waals surface area (Å²) in [5.41, 5.74) is 1.25. The Morgan fingerprint density at radius 3 is 2.71 bits per heavy atom. The van der Waals surface area contributed by atoms with Crippen molar-refractivity contribution in [2.45, 2.75) is 45.9 Å². The average molecular weight is 428 g/mol. The number of nitrogens with zero attached hydrogens (tertiary/aromatic N) is 2. The van der Waals surface area contributed by atoms with Crippen LogP contribution >= 0.6 is 0 Å². The van der Waals surface area contributed by atoms with Crippen molar-refractivity contribution in [1.29, 1.82) is 0 Å². The molecule has 0 fully saturated rings. The molecule has 0 aliphatic rings. The van der Waals surface area contributed by atoms with Crippen LogP contribution in [0.15, 0.2) is 51.7 Å². The molecule has 0 radical (unpaired) electrons. The van der Waals surface area contributed by atoms with E-state index in [4.69, 9.17) is 18.3 Å². The summed E-state index contributed by atoms with van der Waals surface area (Å²) in [6.07, 6.45) is 3.90. The minimum atomic E-state index is -0.309. The van der Waals surface area contributed by atoms with Crippen LogP contribution in [0.3, 0.4) is 0 Å². The summed E-state index contributed by atoms with van der Waals surface area (Å²) in [6, 6.07) is 9.57. The van der Waals surface area contributed by atoms with E-state index in [0.717, 1.165) is 23.5 Å². The first-order chi connectivity index (χ1) is 15.0. The van der Waals surface area contributed by atoms with Crippen LogP contribution in [0.2, 0.25) is 0 Å². The number of benzene rings is 1. The maximum absolute atomic E-state index is 12.4. The highest BCUT2D eigenvalue weighted by atomic mass is 16.5. The maximum atomic E-state index is 12.4. The minimum absolute atomic E-state index is 0.240. The standard InChI is InChI=1S/C23H29N3O5/c1-5-16(2)26(13-17-11-18(28-3)8-9-21(17)29-4)14-22-25-20(15-31-22)23(27)24-12-19-7-6-10-30-19/h6-11,15-16H,5,12-14H2,1-4H3,(H,24,27)/t16-/m1/s1. The summed E-state index contributed by atoms with van der Waals surface area (Å²) in [5, 5.41) is 2.77. The number of nitrogens with one attached hydrogen (secondary N) is 1. The number of hydrogen-bond donors (Lipinski definition) is 1. The number of rotatable bonds is 11. The molecule has 0 spiro atoms. The predicted molar refractivity (Wildman–Crippen MR) is 115 cm³/mol. The fourth-order valence-electron chi connectivity index (χ4n) is 3.18. The van der Waals surface area contributed by atoms with Crippen molar-refractivity contribution >= 4 is 5.91 Å². The van der Waals surface area contributed by atoms with E-state index >= 15 is 0 Å². The van der Waals surface area contributed by atoms with E-state index in [1.54, 1.807) is 32.6 Å². The van der Waals surface area contributed by atoms with Gasteiger partial charge in [0, 0.05) is 18.2 Å². The van der Waals surface area contributed by atoms with Crippen LogP contribution in [0.1, 0.15) is 48.0 Å². The number of carbonyl (C=O) groups excluding carboxylic acids is 1. The Kier molecular flexibility index (Phi) is 7.72. The van der Waals surface area contributed by atoms with Gasteiger partial charge in [-0.3, -0.25) is 9.69 Å². The van der Waals surface area contributed by atoms with Crippen LogP contribution in [0, 0.1) is 0 Å². The van der Waals surface area contributed by atoms with Crippen LogP contribution in [0.25, 0.3) is 0 Å². The fraction of sp³-hybridized carbons (Fsp3) is 0.391. The first-order valence-electron chi connectivity index (χ1n) is 10.2. The number of hydrogen-bond acceptors (Lipinski definition) is 7. The highest BCUT2D eigenvalue weighted by Crippen LogP contribution is 2.27. The van der Waals surface area contributed by atoms with E-state index in [2.05, 4.69) is 29.0 Å². The lowest BCUT2D eigenvalue weighted by molar-refractivity contribution is 0.0943. The second-order valence-electron chi connectivity index (χ2n) is 7.23. The SMILES string of the molecule is CC[C@@H](C)N(Cc1nc(C(=O)NCc2ccco2)co1)Cc1cc(OC)ccc1OC. The van der Waals surface area contributed by atoms with Gasteiger partial charge in [0.1, 0.15) is 23.5 Å². The average Bonchev–Trinajstić information content (AvgIpc) is 3.48. The molecule has 0 aliphatic heterocycles. The predicted octanol–water partition coefficient (Wildman–Crippen LogP) is 4.02. The molecule has 3 rings (SSSR count). The molecule has 166 valence electrons. The van der Waals surface area contributed by atoms with Crippen LogP contribution in [-0.2, 0) is 19.6 Å². The molecule has 0 aliphatic carbocycles. The van der Waals surface area contributed by atoms with Crippen LogP contribution in [0.4, 0.5) is 0 Å². The largest absolute Gasteiger partial charge is 0.497 e. The van der Waals surface area contributed by atoms with Crippen LogP contribution in [0.5, 0.6) is 11.5 Å². The summed E-state index contributed by atoms with van der Waals surface area (Å²) in [5.74, 6) is 2.40. The molecule has 2 heterocycles. The minimum Gasteiger partial charge on any atom is -0.497 e. The number of methoxy groups -OCH3 is 2. The zero-order valence-corrected chi connectivity index (χ0v) is 18.4. The Morgan fingerprint density at radius 1 is 1.19 bits per heavy atom. The molecular weight excluding hydrogens is 398 g/mol. The van der Waals surface area contributed by atoms with Gasteiger partial charge >= 0.3 is 0 Å². The van der Waals surface area contributed by atoms with Crippen LogP contribution in [-0.4, -0.2) is 36.1 Å². The van der Waals surface area contributed by atoms with Gasteiger partial charge < -0.3 is 23.6 Å². The maximum Gasteiger partial charge on any atom is 0.273 e. The highest BCUT2D eigenvalue weighted by Gasteiger charge is 2.20. The van der Waals surface area contributed by atoms with Crippen molar-refractivity contribution in [3.8, 4) is 11.5 Å². The molecule has 1 N–H and O–H groups in total. The Labute approximate surface area is 182 Å². The van der Waals surface area contributed by atoms with Gasteiger partial charge in [-0.1, -0.05) is 6.92 Å². The topological polar surface area (TPSA) is 90.0 Å². The van der Waals surface area contributed by atoms with Gasteiger partial charge in [0.15, 0.2) is 5.69 Å². The molecule has 0 saturated heterocycles. The molecular formula is C23H29N3O5. The molecule has 0 saturated carbocycles. The Balaban J connectivity index is 1.70. The van der Waals surface area contributed by atoms with Crippen molar-refractivity contribution in [3.05, 3.63) is 65.8 Å². The van der Waals surface area contributed by atoms with Gasteiger partial charge in [0.05, 0.1) is 33.6 Å². The van der Waals surface area contributed by atoms with Gasteiger partial charge in [-0.2, -0.15) is 0 Å². The monoisotopic (exact) mass is 427 g/mol. The first-order valence-corrected chi connectivity index (χ1v) is 10.2. The Bertz CT molecular complexity index is 968. The molecule has 1 atom stereocenters. The Hall–Kier alpha value is -3.26. The lowest BCUT2D eigenvalue weighted by Crippen LogP contribution is -2.32. The number of ether oxygens (including phenoxy) is 2. The lowest BCUT2D eigenvalue weighted by atomic mass is 10.1. The van der Waals surface area contributed by atoms with Gasteiger partial charge in [0.25, 0.3) is 5.91 Å². The number of oxazole rings is 1. The number of amides is 1. The highest BCUT2D eigenvalue weighted by molar-refractivity contribution is 5.91. The van der Waals surface area contributed by atoms with E-state index in [-0.39, 0.29) is 17.6 Å².